The minimum Gasteiger partial charge on any atom is -0.506 e. The zero-order chi connectivity index (χ0) is 22.5. The number of pyridine rings is 2. The molecule has 0 saturated carbocycles. The van der Waals surface area contributed by atoms with Gasteiger partial charge in [-0.3, -0.25) is 0 Å². The summed E-state index contributed by atoms with van der Waals surface area (Å²) in [6.45, 7) is 1.92. The van der Waals surface area contributed by atoms with Gasteiger partial charge in [-0.1, -0.05) is 41.9 Å². The number of aromatic nitrogens is 3. The van der Waals surface area contributed by atoms with E-state index >= 15 is 0 Å². The molecule has 0 aliphatic rings. The number of benzene rings is 3. The van der Waals surface area contributed by atoms with E-state index in [4.69, 9.17) is 6.11 Å². The number of phenols is 1. The van der Waals surface area contributed by atoms with Crippen molar-refractivity contribution in [2.45, 2.75) is 6.92 Å². The molecule has 1 N–H and O–H groups in total. The molecule has 0 unspecified atom stereocenters. The van der Waals surface area contributed by atoms with Crippen LogP contribution in [0.25, 0.3) is 38.5 Å². The van der Waals surface area contributed by atoms with Gasteiger partial charge in [-0.2, -0.15) is 6.07 Å². The van der Waals surface area contributed by atoms with Crippen LogP contribution >= 0.6 is 0 Å². The normalized spacial score (nSPS) is 11.5. The van der Waals surface area contributed by atoms with Crippen LogP contribution in [0.4, 0.5) is 0 Å². The summed E-state index contributed by atoms with van der Waals surface area (Å²) in [6.07, 6.45) is 1.76. The molecule has 0 aliphatic heterocycles. The van der Waals surface area contributed by atoms with Crippen LogP contribution in [0.5, 0.6) is 17.4 Å². The van der Waals surface area contributed by atoms with E-state index in [1.165, 1.54) is 0 Å². The molecule has 0 spiro atoms. The quantitative estimate of drug-likeness (QED) is 0.238. The molecule has 0 bridgehead atoms. The predicted molar refractivity (Wildman–Crippen MR) is 126 cm³/mol. The average Bonchev–Trinajstić information content (AvgIpc) is 3.13. The van der Waals surface area contributed by atoms with Gasteiger partial charge in [-0.05, 0) is 42.1 Å². The van der Waals surface area contributed by atoms with Crippen LogP contribution < -0.4 is 4.74 Å². The molecule has 3 heterocycles. The van der Waals surface area contributed by atoms with E-state index in [1.807, 2.05) is 60.0 Å². The molecule has 0 saturated heterocycles. The summed E-state index contributed by atoms with van der Waals surface area (Å²) in [7, 11) is 0. The van der Waals surface area contributed by atoms with Crippen LogP contribution in [0, 0.1) is 13.0 Å². The van der Waals surface area contributed by atoms with Gasteiger partial charge in [0, 0.05) is 50.0 Å². The van der Waals surface area contributed by atoms with Crippen molar-refractivity contribution in [3.63, 3.8) is 0 Å². The van der Waals surface area contributed by atoms with E-state index in [0.29, 0.717) is 29.0 Å². The summed E-state index contributed by atoms with van der Waals surface area (Å²) in [5, 5.41) is 13.0. The Bertz CT molecular complexity index is 1700. The summed E-state index contributed by atoms with van der Waals surface area (Å²) < 4.78 is 16.5. The zero-order valence-electron chi connectivity index (χ0n) is 18.5. The first-order valence-electron chi connectivity index (χ1n) is 10.7. The van der Waals surface area contributed by atoms with Crippen molar-refractivity contribution >= 4 is 32.7 Å². The molecule has 164 valence electrons. The summed E-state index contributed by atoms with van der Waals surface area (Å²) >= 11 is 0. The predicted octanol–water partition coefficient (Wildman–Crippen LogP) is 6.33. The van der Waals surface area contributed by atoms with Crippen LogP contribution in [-0.4, -0.2) is 19.6 Å². The fourth-order valence-electron chi connectivity index (χ4n) is 3.97. The molecule has 0 amide bonds. The van der Waals surface area contributed by atoms with Gasteiger partial charge in [0.2, 0.25) is 5.88 Å². The Morgan fingerprint density at radius 1 is 0.970 bits per heavy atom. The minimum atomic E-state index is 0. The van der Waals surface area contributed by atoms with Crippen molar-refractivity contribution in [3.05, 3.63) is 96.7 Å². The second kappa shape index (κ2) is 8.34. The molecule has 0 fully saturated rings. The SMILES string of the molecule is [2H]c1cc(C)cnc1-n1c2[c-]c(Oc3ccc4cccc(O)c4n3)ccc2c2ccccc21.[Pt]. The number of hydrogen-bond donors (Lipinski definition) is 1. The number of nitrogens with zero attached hydrogens (tertiary/aromatic N) is 3. The fraction of sp³-hybridized carbons (Fsp3) is 0.0370. The maximum atomic E-state index is 10.1. The van der Waals surface area contributed by atoms with Crippen molar-refractivity contribution in [2.75, 3.05) is 0 Å². The van der Waals surface area contributed by atoms with Gasteiger partial charge in [-0.25, -0.2) is 9.97 Å². The average molecular weight is 613 g/mol. The second-order valence-electron chi connectivity index (χ2n) is 7.65. The standard InChI is InChI=1S/C27H18N3O2.Pt/c1-17-9-13-25(28-16-17)30-22-7-3-2-6-20(22)21-12-11-19(15-23(21)30)32-26-14-10-18-5-4-8-24(31)27(18)29-26;/h2-14,16,31H,1H3;/q-1;/i13D;. The molecule has 33 heavy (non-hydrogen) atoms. The number of aryl methyl sites for hydroxylation is 1. The molecule has 6 rings (SSSR count). The van der Waals surface area contributed by atoms with Crippen molar-refractivity contribution in [3.8, 4) is 23.2 Å². The van der Waals surface area contributed by atoms with Crippen molar-refractivity contribution < 1.29 is 32.3 Å². The zero-order valence-corrected chi connectivity index (χ0v) is 19.8. The topological polar surface area (TPSA) is 60.2 Å². The van der Waals surface area contributed by atoms with E-state index in [0.717, 1.165) is 32.8 Å². The van der Waals surface area contributed by atoms with Crippen LogP contribution in [0.1, 0.15) is 6.93 Å². The Morgan fingerprint density at radius 2 is 1.85 bits per heavy atom. The Labute approximate surface area is 206 Å². The summed E-state index contributed by atoms with van der Waals surface area (Å²) in [6, 6.07) is 26.2. The Kier molecular flexibility index (Phi) is 5.04. The third-order valence-corrected chi connectivity index (χ3v) is 5.48. The number of para-hydroxylation sites is 2. The minimum absolute atomic E-state index is 0. The van der Waals surface area contributed by atoms with Crippen LogP contribution in [0.3, 0.4) is 0 Å². The van der Waals surface area contributed by atoms with Gasteiger partial charge in [0.1, 0.15) is 17.1 Å². The van der Waals surface area contributed by atoms with Gasteiger partial charge < -0.3 is 14.4 Å². The smallest absolute Gasteiger partial charge is 0.217 e. The molecule has 6 aromatic rings. The number of phenolic OH excluding ortho intramolecular Hbond substituents is 1. The van der Waals surface area contributed by atoms with Crippen molar-refractivity contribution in [1.82, 2.24) is 14.5 Å². The maximum absolute atomic E-state index is 10.1. The number of ether oxygens (including phenoxy) is 1. The molecule has 6 heteroatoms. The van der Waals surface area contributed by atoms with E-state index in [-0.39, 0.29) is 26.8 Å². The van der Waals surface area contributed by atoms with E-state index in [9.17, 15) is 5.11 Å². The Hall–Kier alpha value is -3.69. The maximum Gasteiger partial charge on any atom is 0.217 e. The van der Waals surface area contributed by atoms with Gasteiger partial charge in [-0.15, -0.1) is 17.5 Å². The van der Waals surface area contributed by atoms with E-state index in [1.54, 1.807) is 30.5 Å². The Morgan fingerprint density at radius 3 is 2.73 bits per heavy atom. The molecule has 0 radical (unpaired) electrons. The van der Waals surface area contributed by atoms with Crippen LogP contribution in [-0.2, 0) is 21.1 Å². The summed E-state index contributed by atoms with van der Waals surface area (Å²) in [5.74, 6) is 1.48. The fourth-order valence-corrected chi connectivity index (χ4v) is 3.97. The van der Waals surface area contributed by atoms with Crippen molar-refractivity contribution in [1.29, 1.82) is 0 Å². The summed E-state index contributed by atoms with van der Waals surface area (Å²) in [4.78, 5) is 9.01. The first kappa shape index (κ1) is 20.0. The first-order valence-corrected chi connectivity index (χ1v) is 10.2. The van der Waals surface area contributed by atoms with Crippen LogP contribution in [0.15, 0.2) is 85.0 Å². The largest absolute Gasteiger partial charge is 0.506 e. The van der Waals surface area contributed by atoms with Gasteiger partial charge in [0.25, 0.3) is 0 Å². The van der Waals surface area contributed by atoms with Gasteiger partial charge in [0.15, 0.2) is 0 Å². The Balaban J connectivity index is 0.00000241. The molecule has 3 aromatic carbocycles. The molecule has 3 aromatic heterocycles. The molecule has 5 nitrogen and oxygen atoms in total. The number of fused-ring (bicyclic) bond motifs is 4. The van der Waals surface area contributed by atoms with E-state index in [2.05, 4.69) is 16.0 Å². The number of rotatable bonds is 3. The molecule has 0 aliphatic carbocycles. The third kappa shape index (κ3) is 3.65. The van der Waals surface area contributed by atoms with Gasteiger partial charge in [0.05, 0.1) is 1.37 Å². The number of hydrogen-bond acceptors (Lipinski definition) is 4. The summed E-state index contributed by atoms with van der Waals surface area (Å²) in [5.41, 5.74) is 3.12. The second-order valence-corrected chi connectivity index (χ2v) is 7.65. The number of aromatic hydroxyl groups is 1. The molecular formula is C27H18N3O2Pt-. The monoisotopic (exact) mass is 612 g/mol. The van der Waals surface area contributed by atoms with Crippen LogP contribution in [0.2, 0.25) is 0 Å². The molecular weight excluding hydrogens is 593 g/mol. The first-order chi connectivity index (χ1) is 16.1. The van der Waals surface area contributed by atoms with Crippen molar-refractivity contribution in [2.24, 2.45) is 0 Å². The van der Waals surface area contributed by atoms with Gasteiger partial charge >= 0.3 is 0 Å². The third-order valence-electron chi connectivity index (χ3n) is 5.48. The molecule has 0 atom stereocenters. The van der Waals surface area contributed by atoms with E-state index < -0.39 is 0 Å².